The molecule has 0 spiro atoms. The van der Waals surface area contributed by atoms with Gasteiger partial charge in [0.1, 0.15) is 6.07 Å². The van der Waals surface area contributed by atoms with Crippen LogP contribution in [0.3, 0.4) is 0 Å². The summed E-state index contributed by atoms with van der Waals surface area (Å²) in [5.74, 6) is 0. The SMILES string of the molecule is N#Cc1c(Cl)cccc1NCC1COCCO1. The van der Waals surface area contributed by atoms with Crippen LogP contribution in [0.5, 0.6) is 0 Å². The van der Waals surface area contributed by atoms with Gasteiger partial charge in [-0.15, -0.1) is 0 Å². The quantitative estimate of drug-likeness (QED) is 0.895. The van der Waals surface area contributed by atoms with Crippen LogP contribution in [0.25, 0.3) is 0 Å². The molecule has 1 N–H and O–H groups in total. The molecule has 1 aromatic carbocycles. The van der Waals surface area contributed by atoms with Crippen LogP contribution in [0, 0.1) is 11.3 Å². The van der Waals surface area contributed by atoms with Crippen molar-refractivity contribution in [2.24, 2.45) is 0 Å². The summed E-state index contributed by atoms with van der Waals surface area (Å²) in [5, 5.41) is 12.6. The first-order chi connectivity index (χ1) is 8.31. The Bertz CT molecular complexity index is 425. The Balaban J connectivity index is 1.99. The molecule has 1 aromatic rings. The van der Waals surface area contributed by atoms with Crippen LogP contribution in [0.2, 0.25) is 5.02 Å². The topological polar surface area (TPSA) is 54.3 Å². The van der Waals surface area contributed by atoms with Crippen LogP contribution in [0.1, 0.15) is 5.56 Å². The zero-order valence-electron chi connectivity index (χ0n) is 9.28. The van der Waals surface area contributed by atoms with Crippen LogP contribution in [0.15, 0.2) is 18.2 Å². The molecule has 1 atom stereocenters. The van der Waals surface area contributed by atoms with E-state index in [1.165, 1.54) is 0 Å². The van der Waals surface area contributed by atoms with Gasteiger partial charge in [-0.2, -0.15) is 5.26 Å². The van der Waals surface area contributed by atoms with Crippen LogP contribution >= 0.6 is 11.6 Å². The first kappa shape index (κ1) is 12.2. The third-order valence-electron chi connectivity index (χ3n) is 2.53. The number of halogens is 1. The van der Waals surface area contributed by atoms with E-state index < -0.39 is 0 Å². The van der Waals surface area contributed by atoms with Gasteiger partial charge in [-0.05, 0) is 12.1 Å². The van der Waals surface area contributed by atoms with E-state index in [0.29, 0.717) is 37.0 Å². The highest BCUT2D eigenvalue weighted by Crippen LogP contribution is 2.23. The number of benzene rings is 1. The Morgan fingerprint density at radius 1 is 1.47 bits per heavy atom. The molecular weight excluding hydrogens is 240 g/mol. The molecule has 1 saturated heterocycles. The Morgan fingerprint density at radius 2 is 2.35 bits per heavy atom. The molecule has 1 aliphatic heterocycles. The molecule has 5 heteroatoms. The van der Waals surface area contributed by atoms with Crippen molar-refractivity contribution in [3.05, 3.63) is 28.8 Å². The van der Waals surface area contributed by atoms with Gasteiger partial charge in [0, 0.05) is 6.54 Å². The van der Waals surface area contributed by atoms with Gasteiger partial charge in [0.2, 0.25) is 0 Å². The van der Waals surface area contributed by atoms with Crippen molar-refractivity contribution in [2.45, 2.75) is 6.10 Å². The fourth-order valence-electron chi connectivity index (χ4n) is 1.66. The number of nitriles is 1. The minimum Gasteiger partial charge on any atom is -0.381 e. The molecule has 0 saturated carbocycles. The lowest BCUT2D eigenvalue weighted by molar-refractivity contribution is -0.0818. The summed E-state index contributed by atoms with van der Waals surface area (Å²) in [5.41, 5.74) is 1.19. The molecule has 1 fully saturated rings. The van der Waals surface area contributed by atoms with Crippen molar-refractivity contribution in [1.29, 1.82) is 5.26 Å². The third kappa shape index (κ3) is 3.10. The van der Waals surface area contributed by atoms with Crippen molar-refractivity contribution < 1.29 is 9.47 Å². The van der Waals surface area contributed by atoms with Gasteiger partial charge >= 0.3 is 0 Å². The maximum Gasteiger partial charge on any atom is 0.103 e. The standard InChI is InChI=1S/C12H13ClN2O2/c13-11-2-1-3-12(10(11)6-14)15-7-9-8-16-4-5-17-9/h1-3,9,15H,4-5,7-8H2. The highest BCUT2D eigenvalue weighted by Gasteiger charge is 2.15. The predicted molar refractivity (Wildman–Crippen MR) is 65.2 cm³/mol. The fourth-order valence-corrected chi connectivity index (χ4v) is 1.88. The van der Waals surface area contributed by atoms with E-state index in [0.717, 1.165) is 5.69 Å². The van der Waals surface area contributed by atoms with Gasteiger partial charge in [0.05, 0.1) is 42.2 Å². The second-order valence-corrected chi connectivity index (χ2v) is 4.13. The summed E-state index contributed by atoms with van der Waals surface area (Å²) in [4.78, 5) is 0. The highest BCUT2D eigenvalue weighted by molar-refractivity contribution is 6.32. The largest absolute Gasteiger partial charge is 0.381 e. The van der Waals surface area contributed by atoms with E-state index in [2.05, 4.69) is 11.4 Å². The molecule has 0 radical (unpaired) electrons. The summed E-state index contributed by atoms with van der Waals surface area (Å²) in [7, 11) is 0. The molecule has 0 bridgehead atoms. The summed E-state index contributed by atoms with van der Waals surface area (Å²) in [6.45, 7) is 2.45. The molecule has 0 aromatic heterocycles. The molecule has 1 heterocycles. The maximum absolute atomic E-state index is 9.01. The van der Waals surface area contributed by atoms with Gasteiger partial charge < -0.3 is 14.8 Å². The molecule has 1 unspecified atom stereocenters. The lowest BCUT2D eigenvalue weighted by atomic mass is 10.2. The lowest BCUT2D eigenvalue weighted by Crippen LogP contribution is -2.34. The van der Waals surface area contributed by atoms with Gasteiger partial charge in [-0.25, -0.2) is 0 Å². The molecule has 17 heavy (non-hydrogen) atoms. The maximum atomic E-state index is 9.01. The smallest absolute Gasteiger partial charge is 0.103 e. The minimum atomic E-state index is 0.0225. The van der Waals surface area contributed by atoms with Crippen LogP contribution < -0.4 is 5.32 Å². The Morgan fingerprint density at radius 3 is 3.06 bits per heavy atom. The molecule has 90 valence electrons. The van der Waals surface area contributed by atoms with E-state index in [1.807, 2.05) is 12.1 Å². The van der Waals surface area contributed by atoms with Gasteiger partial charge in [-0.3, -0.25) is 0 Å². The van der Waals surface area contributed by atoms with Crippen molar-refractivity contribution in [1.82, 2.24) is 0 Å². The average molecular weight is 253 g/mol. The number of rotatable bonds is 3. The Labute approximate surface area is 105 Å². The van der Waals surface area contributed by atoms with Crippen molar-refractivity contribution in [3.8, 4) is 6.07 Å². The van der Waals surface area contributed by atoms with E-state index in [4.69, 9.17) is 26.3 Å². The molecule has 4 nitrogen and oxygen atoms in total. The van der Waals surface area contributed by atoms with E-state index in [9.17, 15) is 0 Å². The normalized spacial score (nSPS) is 19.6. The van der Waals surface area contributed by atoms with Crippen LogP contribution in [0.4, 0.5) is 5.69 Å². The van der Waals surface area contributed by atoms with E-state index >= 15 is 0 Å². The second-order valence-electron chi connectivity index (χ2n) is 3.72. The average Bonchev–Trinajstić information content (AvgIpc) is 2.37. The van der Waals surface area contributed by atoms with Crippen molar-refractivity contribution in [3.63, 3.8) is 0 Å². The lowest BCUT2D eigenvalue weighted by Gasteiger charge is -2.23. The molecule has 1 aliphatic rings. The molecular formula is C12H13ClN2O2. The number of anilines is 1. The van der Waals surface area contributed by atoms with Crippen LogP contribution in [-0.2, 0) is 9.47 Å². The summed E-state index contributed by atoms with van der Waals surface area (Å²) >= 11 is 5.93. The Hall–Kier alpha value is -1.28. The molecule has 2 rings (SSSR count). The highest BCUT2D eigenvalue weighted by atomic mass is 35.5. The van der Waals surface area contributed by atoms with Crippen molar-refractivity contribution >= 4 is 17.3 Å². The van der Waals surface area contributed by atoms with Crippen molar-refractivity contribution in [2.75, 3.05) is 31.7 Å². The number of ether oxygens (including phenoxy) is 2. The third-order valence-corrected chi connectivity index (χ3v) is 2.85. The zero-order valence-corrected chi connectivity index (χ0v) is 10.0. The minimum absolute atomic E-state index is 0.0225. The predicted octanol–water partition coefficient (Wildman–Crippen LogP) is 2.04. The van der Waals surface area contributed by atoms with E-state index in [1.54, 1.807) is 6.07 Å². The number of hydrogen-bond donors (Lipinski definition) is 1. The number of hydrogen-bond acceptors (Lipinski definition) is 4. The van der Waals surface area contributed by atoms with Gasteiger partial charge in [-0.1, -0.05) is 17.7 Å². The second kappa shape index (κ2) is 5.87. The van der Waals surface area contributed by atoms with Crippen LogP contribution in [-0.4, -0.2) is 32.5 Å². The van der Waals surface area contributed by atoms with Gasteiger partial charge in [0.15, 0.2) is 0 Å². The number of nitrogens with zero attached hydrogens (tertiary/aromatic N) is 1. The monoisotopic (exact) mass is 252 g/mol. The summed E-state index contributed by atoms with van der Waals surface area (Å²) < 4.78 is 10.8. The fraction of sp³-hybridized carbons (Fsp3) is 0.417. The summed E-state index contributed by atoms with van der Waals surface area (Å²) in [6, 6.07) is 7.42. The zero-order chi connectivity index (χ0) is 12.1. The first-order valence-electron chi connectivity index (χ1n) is 5.43. The molecule has 0 amide bonds. The first-order valence-corrected chi connectivity index (χ1v) is 5.81. The molecule has 0 aliphatic carbocycles. The Kier molecular flexibility index (Phi) is 4.21. The van der Waals surface area contributed by atoms with Gasteiger partial charge in [0.25, 0.3) is 0 Å². The summed E-state index contributed by atoms with van der Waals surface area (Å²) in [6.07, 6.45) is 0.0225. The van der Waals surface area contributed by atoms with E-state index in [-0.39, 0.29) is 6.10 Å². The number of nitrogens with one attached hydrogen (secondary N) is 1.